The van der Waals surface area contributed by atoms with Gasteiger partial charge in [0.05, 0.1) is 0 Å². The summed E-state index contributed by atoms with van der Waals surface area (Å²) in [4.78, 5) is 0. The normalized spacial score (nSPS) is 10.4. The van der Waals surface area contributed by atoms with Crippen molar-refractivity contribution in [2.24, 2.45) is 0 Å². The first kappa shape index (κ1) is 8.96. The molecular weight excluding hydrogens is 202 g/mol. The summed E-state index contributed by atoms with van der Waals surface area (Å²) in [6, 6.07) is 3.42. The first-order chi connectivity index (χ1) is 6.81. The first-order valence-electron chi connectivity index (χ1n) is 4.04. The van der Waals surface area contributed by atoms with Crippen molar-refractivity contribution in [1.29, 1.82) is 0 Å². The summed E-state index contributed by atoms with van der Waals surface area (Å²) in [6.45, 7) is 4.20. The molecule has 0 aliphatic carbocycles. The highest BCUT2D eigenvalue weighted by Gasteiger charge is 2.04. The third kappa shape index (κ3) is 1.54. The molecule has 72 valence electrons. The number of hydrogen-bond donors (Lipinski definition) is 1. The van der Waals surface area contributed by atoms with E-state index in [1.165, 1.54) is 0 Å². The molecule has 2 rings (SSSR count). The standard InChI is InChI=1S/C8H8ClN5/c1-2-5-10-8-12-11-7-4-3-6(9)13-14(7)8/h2-4H,1,5H2,(H,10,12). The molecule has 0 spiro atoms. The van der Waals surface area contributed by atoms with Crippen LogP contribution in [0.5, 0.6) is 0 Å². The number of nitrogens with one attached hydrogen (secondary N) is 1. The second-order valence-corrected chi connectivity index (χ2v) is 3.01. The van der Waals surface area contributed by atoms with Crippen molar-refractivity contribution in [3.8, 4) is 0 Å². The Morgan fingerprint density at radius 1 is 1.50 bits per heavy atom. The minimum Gasteiger partial charge on any atom is -0.349 e. The fourth-order valence-electron chi connectivity index (χ4n) is 1.04. The molecule has 0 aliphatic rings. The Kier molecular flexibility index (Phi) is 2.32. The molecule has 1 N–H and O–H groups in total. The van der Waals surface area contributed by atoms with E-state index in [4.69, 9.17) is 11.6 Å². The molecule has 0 aromatic carbocycles. The van der Waals surface area contributed by atoms with Gasteiger partial charge in [-0.3, -0.25) is 0 Å². The van der Waals surface area contributed by atoms with Crippen LogP contribution in [-0.2, 0) is 0 Å². The summed E-state index contributed by atoms with van der Waals surface area (Å²) in [7, 11) is 0. The van der Waals surface area contributed by atoms with Gasteiger partial charge in [-0.05, 0) is 12.1 Å². The Bertz CT molecular complexity index is 464. The molecule has 14 heavy (non-hydrogen) atoms. The van der Waals surface area contributed by atoms with Crippen molar-refractivity contribution in [1.82, 2.24) is 19.8 Å². The second kappa shape index (κ2) is 3.63. The van der Waals surface area contributed by atoms with E-state index in [1.54, 1.807) is 22.7 Å². The van der Waals surface area contributed by atoms with Crippen LogP contribution in [-0.4, -0.2) is 26.4 Å². The summed E-state index contributed by atoms with van der Waals surface area (Å²) >= 11 is 5.75. The molecule has 2 aromatic rings. The lowest BCUT2D eigenvalue weighted by Crippen LogP contribution is -2.04. The number of hydrogen-bond acceptors (Lipinski definition) is 4. The molecule has 0 saturated carbocycles. The SMILES string of the molecule is C=CCNc1nnc2ccc(Cl)nn12. The van der Waals surface area contributed by atoms with Gasteiger partial charge in [0, 0.05) is 6.54 Å². The average molecular weight is 210 g/mol. The van der Waals surface area contributed by atoms with Crippen molar-refractivity contribution in [2.45, 2.75) is 0 Å². The predicted molar refractivity (Wildman–Crippen MR) is 54.5 cm³/mol. The average Bonchev–Trinajstić information content (AvgIpc) is 2.57. The molecule has 0 radical (unpaired) electrons. The maximum Gasteiger partial charge on any atom is 0.246 e. The summed E-state index contributed by atoms with van der Waals surface area (Å²) in [5, 5.41) is 15.3. The molecule has 0 unspecified atom stereocenters. The number of aromatic nitrogens is 4. The lowest BCUT2D eigenvalue weighted by atomic mass is 10.5. The third-order valence-corrected chi connectivity index (χ3v) is 1.84. The van der Waals surface area contributed by atoms with E-state index >= 15 is 0 Å². The molecule has 0 fully saturated rings. The van der Waals surface area contributed by atoms with Crippen molar-refractivity contribution in [3.05, 3.63) is 29.9 Å². The number of rotatable bonds is 3. The Balaban J connectivity index is 2.44. The van der Waals surface area contributed by atoms with Crippen LogP contribution in [0.1, 0.15) is 0 Å². The van der Waals surface area contributed by atoms with E-state index in [0.29, 0.717) is 23.3 Å². The zero-order valence-corrected chi connectivity index (χ0v) is 8.07. The van der Waals surface area contributed by atoms with Crippen LogP contribution in [0, 0.1) is 0 Å². The summed E-state index contributed by atoms with van der Waals surface area (Å²) in [5.41, 5.74) is 0.654. The van der Waals surface area contributed by atoms with Crippen molar-refractivity contribution < 1.29 is 0 Å². The van der Waals surface area contributed by atoms with Gasteiger partial charge >= 0.3 is 0 Å². The third-order valence-electron chi connectivity index (χ3n) is 1.63. The van der Waals surface area contributed by atoms with E-state index in [-0.39, 0.29) is 0 Å². The molecular formula is C8H8ClN5. The molecule has 5 nitrogen and oxygen atoms in total. The van der Waals surface area contributed by atoms with Crippen molar-refractivity contribution in [2.75, 3.05) is 11.9 Å². The molecule has 6 heteroatoms. The number of halogens is 1. The van der Waals surface area contributed by atoms with Crippen molar-refractivity contribution in [3.63, 3.8) is 0 Å². The van der Waals surface area contributed by atoms with Crippen LogP contribution in [0.15, 0.2) is 24.8 Å². The Morgan fingerprint density at radius 2 is 2.36 bits per heavy atom. The maximum atomic E-state index is 5.75. The zero-order chi connectivity index (χ0) is 9.97. The summed E-state index contributed by atoms with van der Waals surface area (Å²) < 4.78 is 1.55. The largest absolute Gasteiger partial charge is 0.349 e. The monoisotopic (exact) mass is 209 g/mol. The van der Waals surface area contributed by atoms with Gasteiger partial charge in [0.1, 0.15) is 5.15 Å². The van der Waals surface area contributed by atoms with Gasteiger partial charge in [-0.1, -0.05) is 17.7 Å². The fraction of sp³-hybridized carbons (Fsp3) is 0.125. The van der Waals surface area contributed by atoms with Gasteiger partial charge in [-0.25, -0.2) is 0 Å². The van der Waals surface area contributed by atoms with E-state index in [9.17, 15) is 0 Å². The molecule has 2 heterocycles. The number of anilines is 1. The first-order valence-corrected chi connectivity index (χ1v) is 4.42. The minimum absolute atomic E-state index is 0.402. The minimum atomic E-state index is 0.402. The predicted octanol–water partition coefficient (Wildman–Crippen LogP) is 1.38. The van der Waals surface area contributed by atoms with E-state index in [0.717, 1.165) is 0 Å². The molecule has 0 amide bonds. The Morgan fingerprint density at radius 3 is 3.14 bits per heavy atom. The highest BCUT2D eigenvalue weighted by molar-refractivity contribution is 6.29. The van der Waals surface area contributed by atoms with Crippen LogP contribution in [0.2, 0.25) is 5.15 Å². The molecule has 0 saturated heterocycles. The van der Waals surface area contributed by atoms with Gasteiger partial charge in [-0.15, -0.1) is 16.8 Å². The molecule has 0 atom stereocenters. The van der Waals surface area contributed by atoms with Crippen LogP contribution in [0.4, 0.5) is 5.95 Å². The smallest absolute Gasteiger partial charge is 0.246 e. The van der Waals surface area contributed by atoms with Crippen molar-refractivity contribution >= 4 is 23.2 Å². The lowest BCUT2D eigenvalue weighted by molar-refractivity contribution is 0.925. The zero-order valence-electron chi connectivity index (χ0n) is 7.31. The highest BCUT2D eigenvalue weighted by atomic mass is 35.5. The van der Waals surface area contributed by atoms with E-state index in [2.05, 4.69) is 27.2 Å². The number of nitrogens with zero attached hydrogens (tertiary/aromatic N) is 4. The van der Waals surface area contributed by atoms with E-state index < -0.39 is 0 Å². The quantitative estimate of drug-likeness (QED) is 0.776. The van der Waals surface area contributed by atoms with Gasteiger partial charge in [0.25, 0.3) is 0 Å². The Hall–Kier alpha value is -1.62. The van der Waals surface area contributed by atoms with E-state index in [1.807, 2.05) is 0 Å². The molecule has 0 bridgehead atoms. The highest BCUT2D eigenvalue weighted by Crippen LogP contribution is 2.09. The van der Waals surface area contributed by atoms with Gasteiger partial charge < -0.3 is 5.32 Å². The maximum absolute atomic E-state index is 5.75. The number of fused-ring (bicyclic) bond motifs is 1. The molecule has 2 aromatic heterocycles. The topological polar surface area (TPSA) is 55.1 Å². The van der Waals surface area contributed by atoms with Gasteiger partial charge in [-0.2, -0.15) is 9.61 Å². The van der Waals surface area contributed by atoms with Crippen LogP contribution in [0.3, 0.4) is 0 Å². The summed E-state index contributed by atoms with van der Waals surface area (Å²) in [5.74, 6) is 0.558. The lowest BCUT2D eigenvalue weighted by Gasteiger charge is -1.99. The van der Waals surface area contributed by atoms with Crippen LogP contribution in [0.25, 0.3) is 5.65 Å². The summed E-state index contributed by atoms with van der Waals surface area (Å²) in [6.07, 6.45) is 1.73. The molecule has 0 aliphatic heterocycles. The Labute approximate surface area is 85.4 Å². The van der Waals surface area contributed by atoms with Crippen LogP contribution < -0.4 is 5.32 Å². The van der Waals surface area contributed by atoms with Crippen LogP contribution >= 0.6 is 11.6 Å². The fourth-order valence-corrected chi connectivity index (χ4v) is 1.18. The van der Waals surface area contributed by atoms with Gasteiger partial charge in [0.2, 0.25) is 5.95 Å². The second-order valence-electron chi connectivity index (χ2n) is 2.62. The van der Waals surface area contributed by atoms with Gasteiger partial charge in [0.15, 0.2) is 5.65 Å².